The Morgan fingerprint density at radius 2 is 0.973 bits per heavy atom. The van der Waals surface area contributed by atoms with Gasteiger partial charge in [0, 0.05) is 45.3 Å². The molecule has 0 bridgehead atoms. The van der Waals surface area contributed by atoms with Gasteiger partial charge in [-0.3, -0.25) is 43.3 Å². The second kappa shape index (κ2) is 37.6. The van der Waals surface area contributed by atoms with E-state index >= 15 is 0 Å². The molecule has 1 fully saturated rings. The van der Waals surface area contributed by atoms with Crippen molar-refractivity contribution in [2.24, 2.45) is 16.7 Å². The SMILES string of the molecule is CC(C)(C)CNC(=O)CNC(=O)[C@H](Cc1ccccc1)NC(=O)CNC(=O)CNC(=O)CCOCCOCCOCCOCCOCCOCCOCCOCCNC(=O)CCN1C(=O)CC(C(C)(C)C)C1=O. The van der Waals surface area contributed by atoms with Gasteiger partial charge in [-0.15, -0.1) is 0 Å². The highest BCUT2D eigenvalue weighted by Crippen LogP contribution is 2.35. The highest BCUT2D eigenvalue weighted by molar-refractivity contribution is 6.04. The molecule has 2 atom stereocenters. The molecule has 0 radical (unpaired) electrons. The van der Waals surface area contributed by atoms with Crippen molar-refractivity contribution in [3.63, 3.8) is 0 Å². The molecular weight excluding hydrogens is 955 g/mol. The highest BCUT2D eigenvalue weighted by Gasteiger charge is 2.44. The van der Waals surface area contributed by atoms with Crippen LogP contribution in [0.4, 0.5) is 0 Å². The monoisotopic (exact) mass is 1040 g/mol. The lowest BCUT2D eigenvalue weighted by Crippen LogP contribution is -2.52. The van der Waals surface area contributed by atoms with Crippen molar-refractivity contribution in [1.82, 2.24) is 36.8 Å². The van der Waals surface area contributed by atoms with Crippen molar-refractivity contribution in [3.05, 3.63) is 35.9 Å². The van der Waals surface area contributed by atoms with Crippen molar-refractivity contribution in [1.29, 1.82) is 0 Å². The molecule has 1 aliphatic rings. The van der Waals surface area contributed by atoms with E-state index in [0.717, 1.165) is 5.56 Å². The fourth-order valence-electron chi connectivity index (χ4n) is 6.50. The summed E-state index contributed by atoms with van der Waals surface area (Å²) in [4.78, 5) is 100. The van der Waals surface area contributed by atoms with E-state index in [1.165, 1.54) is 4.90 Å². The number of imide groups is 1. The lowest BCUT2D eigenvalue weighted by molar-refractivity contribution is -0.140. The van der Waals surface area contributed by atoms with Crippen molar-refractivity contribution >= 4 is 47.3 Å². The Kier molecular flexibility index (Phi) is 32.9. The van der Waals surface area contributed by atoms with Gasteiger partial charge in [0.25, 0.3) is 0 Å². The third-order valence-corrected chi connectivity index (χ3v) is 10.6. The van der Waals surface area contributed by atoms with Gasteiger partial charge in [0.2, 0.25) is 47.3 Å². The topological polar surface area (TPSA) is 286 Å². The molecule has 1 unspecified atom stereocenters. The zero-order valence-electron chi connectivity index (χ0n) is 43.9. The Bertz CT molecular complexity index is 1790. The average molecular weight is 1040 g/mol. The number of ether oxygens (including phenoxy) is 8. The van der Waals surface area contributed by atoms with Crippen LogP contribution in [0.2, 0.25) is 0 Å². The first kappa shape index (κ1) is 64.0. The maximum absolute atomic E-state index is 13.0. The van der Waals surface area contributed by atoms with E-state index in [2.05, 4.69) is 31.9 Å². The summed E-state index contributed by atoms with van der Waals surface area (Å²) in [7, 11) is 0. The predicted octanol–water partition coefficient (Wildman–Crippen LogP) is -0.325. The molecule has 1 aromatic rings. The quantitative estimate of drug-likeness (QED) is 0.0362. The standard InChI is InChI=1S/C50H83N7O16/c1-49(2,3)37-55-44(61)35-54-47(64)40(32-38-10-8-7-9-11-38)56-45(62)36-53-43(60)34-52-42(59)13-16-66-18-20-68-22-24-70-26-28-72-30-31-73-29-27-71-25-23-69-21-19-67-17-14-51-41(58)12-15-57-46(63)33-39(48(57)65)50(4,5)6/h7-11,39-40H,12-37H2,1-6H3,(H,51,58)(H,52,59)(H,53,60)(H,54,64)(H,55,61)(H,56,62)/t39?,40-/m0/s1. The summed E-state index contributed by atoms with van der Waals surface area (Å²) < 4.78 is 43.7. The number of benzene rings is 1. The Morgan fingerprint density at radius 1 is 0.534 bits per heavy atom. The van der Waals surface area contributed by atoms with Crippen molar-refractivity contribution in [2.75, 3.05) is 145 Å². The first-order chi connectivity index (χ1) is 34.9. The highest BCUT2D eigenvalue weighted by atomic mass is 16.6. The zero-order chi connectivity index (χ0) is 53.7. The van der Waals surface area contributed by atoms with Crippen LogP contribution in [0.5, 0.6) is 0 Å². The van der Waals surface area contributed by atoms with Crippen LogP contribution in [0.3, 0.4) is 0 Å². The summed E-state index contributed by atoms with van der Waals surface area (Å²) in [5.41, 5.74) is 0.357. The van der Waals surface area contributed by atoms with E-state index < -0.39 is 36.2 Å². The normalized spacial score (nSPS) is 14.2. The molecule has 414 valence electrons. The minimum Gasteiger partial charge on any atom is -0.379 e. The fraction of sp³-hybridized carbons (Fsp3) is 0.720. The number of hydrogen-bond acceptors (Lipinski definition) is 16. The van der Waals surface area contributed by atoms with Crippen LogP contribution < -0.4 is 31.9 Å². The third kappa shape index (κ3) is 32.6. The molecule has 1 heterocycles. The third-order valence-electron chi connectivity index (χ3n) is 10.6. The molecule has 23 heteroatoms. The maximum Gasteiger partial charge on any atom is 0.243 e. The van der Waals surface area contributed by atoms with Gasteiger partial charge >= 0.3 is 0 Å². The molecule has 0 aromatic heterocycles. The second-order valence-corrected chi connectivity index (χ2v) is 19.2. The molecule has 1 aromatic carbocycles. The molecule has 23 nitrogen and oxygen atoms in total. The number of carbonyl (C=O) groups is 8. The number of hydrogen-bond donors (Lipinski definition) is 6. The summed E-state index contributed by atoms with van der Waals surface area (Å²) in [6, 6.07) is 8.04. The van der Waals surface area contributed by atoms with Crippen LogP contribution >= 0.6 is 0 Å². The molecule has 1 aliphatic heterocycles. The first-order valence-corrected chi connectivity index (χ1v) is 25.0. The summed E-state index contributed by atoms with van der Waals surface area (Å²) in [5, 5.41) is 15.5. The molecule has 0 saturated carbocycles. The second-order valence-electron chi connectivity index (χ2n) is 19.2. The number of amides is 8. The minimum absolute atomic E-state index is 0.0139. The Balaban J connectivity index is 1.32. The lowest BCUT2D eigenvalue weighted by atomic mass is 9.80. The van der Waals surface area contributed by atoms with Crippen LogP contribution in [0.1, 0.15) is 66.4 Å². The van der Waals surface area contributed by atoms with Gasteiger partial charge in [-0.05, 0) is 16.4 Å². The Morgan fingerprint density at radius 3 is 1.47 bits per heavy atom. The van der Waals surface area contributed by atoms with Gasteiger partial charge in [0.05, 0.1) is 131 Å². The average Bonchev–Trinajstić information content (AvgIpc) is 3.64. The van der Waals surface area contributed by atoms with Gasteiger partial charge in [0.1, 0.15) is 6.04 Å². The van der Waals surface area contributed by atoms with Gasteiger partial charge in [-0.1, -0.05) is 71.9 Å². The number of carbonyl (C=O) groups excluding carboxylic acids is 8. The van der Waals surface area contributed by atoms with E-state index in [0.29, 0.717) is 106 Å². The van der Waals surface area contributed by atoms with Crippen molar-refractivity contribution in [2.45, 2.75) is 73.3 Å². The van der Waals surface area contributed by atoms with Crippen LogP contribution in [0, 0.1) is 16.7 Å². The molecule has 73 heavy (non-hydrogen) atoms. The Labute approximate surface area is 430 Å². The van der Waals surface area contributed by atoms with Gasteiger partial charge in [0.15, 0.2) is 0 Å². The van der Waals surface area contributed by atoms with Crippen LogP contribution in [-0.2, 0) is 82.7 Å². The molecule has 6 N–H and O–H groups in total. The number of nitrogens with zero attached hydrogens (tertiary/aromatic N) is 1. The van der Waals surface area contributed by atoms with E-state index in [9.17, 15) is 38.4 Å². The number of nitrogens with one attached hydrogen (secondary N) is 6. The molecular formula is C50H83N7O16. The fourth-order valence-corrected chi connectivity index (χ4v) is 6.50. The first-order valence-electron chi connectivity index (χ1n) is 25.0. The van der Waals surface area contributed by atoms with E-state index in [1.807, 2.05) is 47.6 Å². The minimum atomic E-state index is -1.00. The smallest absolute Gasteiger partial charge is 0.243 e. The van der Waals surface area contributed by atoms with Crippen molar-refractivity contribution < 1.29 is 76.3 Å². The Hall–Kier alpha value is -5.14. The zero-order valence-corrected chi connectivity index (χ0v) is 43.9. The summed E-state index contributed by atoms with van der Waals surface area (Å²) in [5.74, 6) is -3.58. The summed E-state index contributed by atoms with van der Waals surface area (Å²) in [6.45, 7) is 17.2. The van der Waals surface area contributed by atoms with Gasteiger partial charge in [-0.2, -0.15) is 0 Å². The molecule has 0 spiro atoms. The number of rotatable bonds is 41. The lowest BCUT2D eigenvalue weighted by Gasteiger charge is -2.24. The van der Waals surface area contributed by atoms with Crippen LogP contribution in [0.15, 0.2) is 30.3 Å². The van der Waals surface area contributed by atoms with Crippen LogP contribution in [0.25, 0.3) is 0 Å². The van der Waals surface area contributed by atoms with Gasteiger partial charge in [-0.25, -0.2) is 0 Å². The molecule has 0 aliphatic carbocycles. The summed E-state index contributed by atoms with van der Waals surface area (Å²) >= 11 is 0. The van der Waals surface area contributed by atoms with E-state index in [-0.39, 0.29) is 98.9 Å². The van der Waals surface area contributed by atoms with Gasteiger partial charge < -0.3 is 69.8 Å². The van der Waals surface area contributed by atoms with E-state index in [4.69, 9.17) is 37.9 Å². The number of likely N-dealkylation sites (tertiary alicyclic amines) is 1. The summed E-state index contributed by atoms with van der Waals surface area (Å²) in [6.07, 6.45) is 0.422. The predicted molar refractivity (Wildman–Crippen MR) is 267 cm³/mol. The maximum atomic E-state index is 13.0. The largest absolute Gasteiger partial charge is 0.379 e. The molecule has 2 rings (SSSR count). The molecule has 8 amide bonds. The molecule has 1 saturated heterocycles. The van der Waals surface area contributed by atoms with Crippen molar-refractivity contribution in [3.8, 4) is 0 Å². The van der Waals surface area contributed by atoms with Crippen LogP contribution in [-0.4, -0.2) is 203 Å². The van der Waals surface area contributed by atoms with E-state index in [1.54, 1.807) is 24.3 Å².